The second-order valence-electron chi connectivity index (χ2n) is 3.33. The number of hydrogen-bond acceptors (Lipinski definition) is 2. The summed E-state index contributed by atoms with van der Waals surface area (Å²) in [5.41, 5.74) is 1.07. The molecule has 0 radical (unpaired) electrons. The highest BCUT2D eigenvalue weighted by atomic mass is 19.1. The van der Waals surface area contributed by atoms with E-state index in [1.807, 2.05) is 12.1 Å². The van der Waals surface area contributed by atoms with Gasteiger partial charge in [0, 0.05) is 20.1 Å². The van der Waals surface area contributed by atoms with E-state index in [1.54, 1.807) is 0 Å². The maximum atomic E-state index is 12.6. The fourth-order valence-electron chi connectivity index (χ4n) is 1.68. The van der Waals surface area contributed by atoms with Gasteiger partial charge in [-0.05, 0) is 30.7 Å². The maximum absolute atomic E-state index is 12.6. The predicted molar refractivity (Wildman–Crippen MR) is 51.0 cm³/mol. The summed E-state index contributed by atoms with van der Waals surface area (Å²) in [6.07, 6.45) is 1.17. The lowest BCUT2D eigenvalue weighted by molar-refractivity contribution is 0.383. The number of hydrogen-bond donors (Lipinski definition) is 0. The summed E-state index contributed by atoms with van der Waals surface area (Å²) in [6, 6.07) is 6.64. The van der Waals surface area contributed by atoms with Crippen molar-refractivity contribution in [3.63, 3.8) is 0 Å². The first kappa shape index (κ1) is 8.51. The highest BCUT2D eigenvalue weighted by Crippen LogP contribution is 2.20. The van der Waals surface area contributed by atoms with Crippen molar-refractivity contribution in [1.29, 1.82) is 0 Å². The van der Waals surface area contributed by atoms with E-state index >= 15 is 0 Å². The van der Waals surface area contributed by atoms with Gasteiger partial charge in [-0.2, -0.15) is 0 Å². The molecular formula is C10H13FN2. The predicted octanol–water partition coefficient (Wildman–Crippen LogP) is 1.88. The number of nitrogens with zero attached hydrogens (tertiary/aromatic N) is 2. The Kier molecular flexibility index (Phi) is 2.19. The van der Waals surface area contributed by atoms with Crippen LogP contribution in [-0.2, 0) is 0 Å². The Morgan fingerprint density at radius 2 is 1.85 bits per heavy atom. The van der Waals surface area contributed by atoms with E-state index in [4.69, 9.17) is 0 Å². The summed E-state index contributed by atoms with van der Waals surface area (Å²) in [5.74, 6) is -0.175. The quantitative estimate of drug-likeness (QED) is 0.651. The fraction of sp³-hybridized carbons (Fsp3) is 0.400. The van der Waals surface area contributed by atoms with E-state index in [9.17, 15) is 4.39 Å². The van der Waals surface area contributed by atoms with Crippen molar-refractivity contribution in [2.45, 2.75) is 6.42 Å². The minimum atomic E-state index is -0.175. The van der Waals surface area contributed by atoms with E-state index in [-0.39, 0.29) is 5.82 Å². The van der Waals surface area contributed by atoms with Crippen LogP contribution in [0.25, 0.3) is 0 Å². The Hall–Kier alpha value is -1.09. The highest BCUT2D eigenvalue weighted by Gasteiger charge is 2.17. The van der Waals surface area contributed by atoms with Crippen LogP contribution in [0.1, 0.15) is 6.42 Å². The third kappa shape index (κ3) is 1.65. The van der Waals surface area contributed by atoms with Crippen LogP contribution in [0.15, 0.2) is 24.3 Å². The molecule has 0 N–H and O–H groups in total. The van der Waals surface area contributed by atoms with Crippen LogP contribution >= 0.6 is 0 Å². The standard InChI is InChI=1S/C10H13FN2/c1-12-7-2-8-13(12)10-5-3-9(11)4-6-10/h3-6H,2,7-8H2,1H3. The van der Waals surface area contributed by atoms with Gasteiger partial charge in [0.25, 0.3) is 0 Å². The van der Waals surface area contributed by atoms with Gasteiger partial charge in [0.05, 0.1) is 5.69 Å². The zero-order chi connectivity index (χ0) is 9.26. The molecule has 0 unspecified atom stereocenters. The molecule has 0 amide bonds. The lowest BCUT2D eigenvalue weighted by Crippen LogP contribution is -2.32. The molecule has 2 rings (SSSR count). The first-order valence-electron chi connectivity index (χ1n) is 4.51. The number of benzene rings is 1. The summed E-state index contributed by atoms with van der Waals surface area (Å²) < 4.78 is 12.6. The van der Waals surface area contributed by atoms with Crippen LogP contribution in [0, 0.1) is 5.82 Å². The molecule has 13 heavy (non-hydrogen) atoms. The van der Waals surface area contributed by atoms with Crippen LogP contribution in [-0.4, -0.2) is 25.1 Å². The van der Waals surface area contributed by atoms with E-state index in [0.717, 1.165) is 18.8 Å². The third-order valence-corrected chi connectivity index (χ3v) is 2.39. The van der Waals surface area contributed by atoms with Gasteiger partial charge in [0.1, 0.15) is 5.82 Å². The Morgan fingerprint density at radius 1 is 1.15 bits per heavy atom. The van der Waals surface area contributed by atoms with Crippen LogP contribution in [0.4, 0.5) is 10.1 Å². The van der Waals surface area contributed by atoms with Gasteiger partial charge >= 0.3 is 0 Å². The Morgan fingerprint density at radius 3 is 2.38 bits per heavy atom. The summed E-state index contributed by atoms with van der Waals surface area (Å²) in [7, 11) is 2.05. The average molecular weight is 180 g/mol. The van der Waals surface area contributed by atoms with Crippen molar-refractivity contribution in [2.24, 2.45) is 0 Å². The summed E-state index contributed by atoms with van der Waals surface area (Å²) in [6.45, 7) is 2.11. The molecule has 70 valence electrons. The molecule has 0 bridgehead atoms. The van der Waals surface area contributed by atoms with E-state index in [0.29, 0.717) is 0 Å². The summed E-state index contributed by atoms with van der Waals surface area (Å²) >= 11 is 0. The van der Waals surface area contributed by atoms with Gasteiger partial charge in [0.15, 0.2) is 0 Å². The molecule has 1 aliphatic heterocycles. The molecule has 0 saturated carbocycles. The van der Waals surface area contributed by atoms with Gasteiger partial charge < -0.3 is 5.01 Å². The van der Waals surface area contributed by atoms with Crippen molar-refractivity contribution in [1.82, 2.24) is 5.01 Å². The lowest BCUT2D eigenvalue weighted by Gasteiger charge is -2.25. The van der Waals surface area contributed by atoms with Crippen molar-refractivity contribution < 1.29 is 4.39 Å². The molecule has 0 aliphatic carbocycles. The van der Waals surface area contributed by atoms with Gasteiger partial charge in [-0.25, -0.2) is 9.40 Å². The van der Waals surface area contributed by atoms with Gasteiger partial charge in [0.2, 0.25) is 0 Å². The highest BCUT2D eigenvalue weighted by molar-refractivity contribution is 5.45. The van der Waals surface area contributed by atoms with Crippen LogP contribution in [0.5, 0.6) is 0 Å². The molecule has 1 fully saturated rings. The molecular weight excluding hydrogens is 167 g/mol. The third-order valence-electron chi connectivity index (χ3n) is 2.39. The van der Waals surface area contributed by atoms with Crippen molar-refractivity contribution in [2.75, 3.05) is 25.1 Å². The molecule has 1 aliphatic rings. The number of halogens is 1. The first-order valence-corrected chi connectivity index (χ1v) is 4.51. The molecule has 0 aromatic heterocycles. The minimum absolute atomic E-state index is 0.175. The Labute approximate surface area is 77.5 Å². The van der Waals surface area contributed by atoms with E-state index in [2.05, 4.69) is 17.1 Å². The average Bonchev–Trinajstić information content (AvgIpc) is 2.53. The second kappa shape index (κ2) is 3.34. The van der Waals surface area contributed by atoms with Crippen LogP contribution in [0.3, 0.4) is 0 Å². The summed E-state index contributed by atoms with van der Waals surface area (Å²) in [4.78, 5) is 0. The lowest BCUT2D eigenvalue weighted by atomic mass is 10.3. The minimum Gasteiger partial charge on any atom is -0.306 e. The Balaban J connectivity index is 2.20. The largest absolute Gasteiger partial charge is 0.306 e. The van der Waals surface area contributed by atoms with Crippen molar-refractivity contribution >= 4 is 5.69 Å². The molecule has 0 atom stereocenters. The normalized spacial score (nSPS) is 18.2. The monoisotopic (exact) mass is 180 g/mol. The first-order chi connectivity index (χ1) is 6.27. The van der Waals surface area contributed by atoms with Crippen molar-refractivity contribution in [3.8, 4) is 0 Å². The smallest absolute Gasteiger partial charge is 0.123 e. The van der Waals surface area contributed by atoms with Gasteiger partial charge in [-0.1, -0.05) is 0 Å². The van der Waals surface area contributed by atoms with Crippen LogP contribution in [0.2, 0.25) is 0 Å². The molecule has 1 saturated heterocycles. The molecule has 2 nitrogen and oxygen atoms in total. The maximum Gasteiger partial charge on any atom is 0.123 e. The molecule has 3 heteroatoms. The number of hydrazine groups is 1. The zero-order valence-electron chi connectivity index (χ0n) is 7.70. The van der Waals surface area contributed by atoms with E-state index < -0.39 is 0 Å². The fourth-order valence-corrected chi connectivity index (χ4v) is 1.68. The van der Waals surface area contributed by atoms with Gasteiger partial charge in [-0.3, -0.25) is 0 Å². The number of rotatable bonds is 1. The zero-order valence-corrected chi connectivity index (χ0v) is 7.70. The Bertz CT molecular complexity index is 283. The van der Waals surface area contributed by atoms with Crippen molar-refractivity contribution in [3.05, 3.63) is 30.1 Å². The number of anilines is 1. The molecule has 1 aromatic rings. The van der Waals surface area contributed by atoms with E-state index in [1.165, 1.54) is 18.6 Å². The van der Waals surface area contributed by atoms with Crippen LogP contribution < -0.4 is 5.01 Å². The molecule has 1 heterocycles. The summed E-state index contributed by atoms with van der Waals surface area (Å²) in [5, 5.41) is 4.33. The SMILES string of the molecule is CN1CCCN1c1ccc(F)cc1. The molecule has 1 aromatic carbocycles. The molecule has 0 spiro atoms. The topological polar surface area (TPSA) is 6.48 Å². The second-order valence-corrected chi connectivity index (χ2v) is 3.33. The van der Waals surface area contributed by atoms with Gasteiger partial charge in [-0.15, -0.1) is 0 Å².